The molecule has 0 bridgehead atoms. The van der Waals surface area contributed by atoms with Gasteiger partial charge in [-0.3, -0.25) is 4.79 Å². The van der Waals surface area contributed by atoms with Crippen LogP contribution in [0.5, 0.6) is 11.5 Å². The van der Waals surface area contributed by atoms with E-state index in [4.69, 9.17) is 4.74 Å². The molecule has 0 fully saturated rings. The van der Waals surface area contributed by atoms with Gasteiger partial charge in [-0.2, -0.15) is 0 Å². The van der Waals surface area contributed by atoms with Gasteiger partial charge in [0.15, 0.2) is 5.75 Å². The van der Waals surface area contributed by atoms with Gasteiger partial charge in [0.2, 0.25) is 10.0 Å². The molecule has 0 saturated carbocycles. The lowest BCUT2D eigenvalue weighted by Gasteiger charge is -2.17. The van der Waals surface area contributed by atoms with Crippen molar-refractivity contribution < 1.29 is 17.9 Å². The highest BCUT2D eigenvalue weighted by molar-refractivity contribution is 7.89. The van der Waals surface area contributed by atoms with Gasteiger partial charge in [0.05, 0.1) is 10.6 Å². The average molecular weight is 439 g/mol. The molecule has 3 aromatic rings. The van der Waals surface area contributed by atoms with Crippen molar-refractivity contribution in [1.82, 2.24) is 4.31 Å². The van der Waals surface area contributed by atoms with E-state index in [-0.39, 0.29) is 10.8 Å². The van der Waals surface area contributed by atoms with Crippen LogP contribution in [0.3, 0.4) is 0 Å². The third-order valence-electron chi connectivity index (χ3n) is 4.76. The summed E-state index contributed by atoms with van der Waals surface area (Å²) in [5.41, 5.74) is 0.872. The minimum Gasteiger partial charge on any atom is -0.455 e. The van der Waals surface area contributed by atoms with E-state index in [0.29, 0.717) is 29.3 Å². The lowest BCUT2D eigenvalue weighted by molar-refractivity contribution is 0.102. The van der Waals surface area contributed by atoms with E-state index in [1.54, 1.807) is 25.2 Å². The standard InChI is InChI=1S/C24H26N2O4S/c1-3-4-18-26(2)31(28,29)21-16-14-19(15-17-21)24(27)25-22-12-8-9-13-23(22)30-20-10-6-5-7-11-20/h5-17H,3-4,18H2,1-2H3,(H,25,27). The molecule has 0 unspecified atom stereocenters. The fraction of sp³-hybridized carbons (Fsp3) is 0.208. The normalized spacial score (nSPS) is 11.3. The highest BCUT2D eigenvalue weighted by Crippen LogP contribution is 2.29. The van der Waals surface area contributed by atoms with Gasteiger partial charge in [0, 0.05) is 19.2 Å². The van der Waals surface area contributed by atoms with E-state index in [1.807, 2.05) is 43.3 Å². The van der Waals surface area contributed by atoms with Crippen molar-refractivity contribution in [2.45, 2.75) is 24.7 Å². The predicted molar refractivity (Wildman–Crippen MR) is 122 cm³/mol. The molecule has 3 aromatic carbocycles. The highest BCUT2D eigenvalue weighted by Gasteiger charge is 2.20. The van der Waals surface area contributed by atoms with Crippen molar-refractivity contribution in [1.29, 1.82) is 0 Å². The summed E-state index contributed by atoms with van der Waals surface area (Å²) < 4.78 is 32.5. The molecule has 0 aliphatic heterocycles. The Bertz CT molecular complexity index is 1110. The molecule has 0 spiro atoms. The van der Waals surface area contributed by atoms with Crippen molar-refractivity contribution >= 4 is 21.6 Å². The van der Waals surface area contributed by atoms with Gasteiger partial charge in [0.25, 0.3) is 5.91 Å². The third-order valence-corrected chi connectivity index (χ3v) is 6.63. The van der Waals surface area contributed by atoms with Crippen LogP contribution in [0.2, 0.25) is 0 Å². The summed E-state index contributed by atoms with van der Waals surface area (Å²) in [7, 11) is -2.01. The van der Waals surface area contributed by atoms with Crippen LogP contribution in [0.4, 0.5) is 5.69 Å². The molecule has 0 aliphatic carbocycles. The number of rotatable bonds is 9. The quantitative estimate of drug-likeness (QED) is 0.501. The number of hydrogen-bond donors (Lipinski definition) is 1. The summed E-state index contributed by atoms with van der Waals surface area (Å²) in [6.45, 7) is 2.47. The first kappa shape index (κ1) is 22.5. The lowest BCUT2D eigenvalue weighted by atomic mass is 10.2. The maximum absolute atomic E-state index is 12.7. The maximum Gasteiger partial charge on any atom is 0.255 e. The zero-order valence-electron chi connectivity index (χ0n) is 17.6. The molecule has 1 amide bonds. The Morgan fingerprint density at radius 1 is 0.935 bits per heavy atom. The SMILES string of the molecule is CCCCN(C)S(=O)(=O)c1ccc(C(=O)Nc2ccccc2Oc2ccccc2)cc1. The molecule has 0 heterocycles. The molecule has 3 rings (SSSR count). The van der Waals surface area contributed by atoms with Crippen LogP contribution in [0.25, 0.3) is 0 Å². The molecule has 0 aliphatic rings. The Morgan fingerprint density at radius 3 is 2.26 bits per heavy atom. The number of para-hydroxylation sites is 3. The molecular formula is C24H26N2O4S. The van der Waals surface area contributed by atoms with Crippen LogP contribution in [-0.4, -0.2) is 32.2 Å². The van der Waals surface area contributed by atoms with Crippen LogP contribution in [0.1, 0.15) is 30.1 Å². The minimum atomic E-state index is -3.57. The van der Waals surface area contributed by atoms with E-state index in [2.05, 4.69) is 5.32 Å². The smallest absolute Gasteiger partial charge is 0.255 e. The largest absolute Gasteiger partial charge is 0.455 e. The van der Waals surface area contributed by atoms with Crippen LogP contribution < -0.4 is 10.1 Å². The summed E-state index contributed by atoms with van der Waals surface area (Å²) in [6.07, 6.45) is 1.70. The molecular weight excluding hydrogens is 412 g/mol. The van der Waals surface area contributed by atoms with E-state index in [1.165, 1.54) is 28.6 Å². The number of carbonyl (C=O) groups excluding carboxylic acids is 1. The number of nitrogens with one attached hydrogen (secondary N) is 1. The summed E-state index contributed by atoms with van der Waals surface area (Å²) in [4.78, 5) is 12.9. The zero-order valence-corrected chi connectivity index (χ0v) is 18.4. The molecule has 7 heteroatoms. The second kappa shape index (κ2) is 10.2. The molecule has 31 heavy (non-hydrogen) atoms. The fourth-order valence-electron chi connectivity index (χ4n) is 2.93. The zero-order chi connectivity index (χ0) is 22.3. The molecule has 0 aromatic heterocycles. The van der Waals surface area contributed by atoms with E-state index < -0.39 is 10.0 Å². The van der Waals surface area contributed by atoms with Crippen molar-refractivity contribution in [3.8, 4) is 11.5 Å². The van der Waals surface area contributed by atoms with Crippen molar-refractivity contribution in [3.63, 3.8) is 0 Å². The van der Waals surface area contributed by atoms with Gasteiger partial charge in [-0.1, -0.05) is 43.7 Å². The molecule has 1 N–H and O–H groups in total. The number of amides is 1. The lowest BCUT2D eigenvalue weighted by Crippen LogP contribution is -2.28. The second-order valence-electron chi connectivity index (χ2n) is 7.07. The number of benzene rings is 3. The van der Waals surface area contributed by atoms with Crippen LogP contribution >= 0.6 is 0 Å². The Hall–Kier alpha value is -3.16. The van der Waals surface area contributed by atoms with Gasteiger partial charge in [0.1, 0.15) is 5.75 Å². The Labute approximate surface area is 183 Å². The summed E-state index contributed by atoms with van der Waals surface area (Å²) in [5.74, 6) is 0.817. The maximum atomic E-state index is 12.7. The van der Waals surface area contributed by atoms with Gasteiger partial charge >= 0.3 is 0 Å². The summed E-state index contributed by atoms with van der Waals surface area (Å²) in [6, 6.07) is 22.4. The monoisotopic (exact) mass is 438 g/mol. The highest BCUT2D eigenvalue weighted by atomic mass is 32.2. The molecule has 0 radical (unpaired) electrons. The van der Waals surface area contributed by atoms with Crippen molar-refractivity contribution in [2.75, 3.05) is 18.9 Å². The topological polar surface area (TPSA) is 75.7 Å². The van der Waals surface area contributed by atoms with Crippen molar-refractivity contribution in [3.05, 3.63) is 84.4 Å². The van der Waals surface area contributed by atoms with Gasteiger partial charge in [-0.25, -0.2) is 12.7 Å². The Kier molecular flexibility index (Phi) is 7.44. The number of unbranched alkanes of at least 4 members (excludes halogenated alkanes) is 1. The average Bonchev–Trinajstić information content (AvgIpc) is 2.79. The molecule has 162 valence electrons. The van der Waals surface area contributed by atoms with Crippen LogP contribution in [0, 0.1) is 0 Å². The number of ether oxygens (including phenoxy) is 1. The number of carbonyl (C=O) groups is 1. The van der Waals surface area contributed by atoms with Gasteiger partial charge in [-0.15, -0.1) is 0 Å². The van der Waals surface area contributed by atoms with Gasteiger partial charge < -0.3 is 10.1 Å². The van der Waals surface area contributed by atoms with E-state index >= 15 is 0 Å². The number of sulfonamides is 1. The van der Waals surface area contributed by atoms with Gasteiger partial charge in [-0.05, 0) is 55.0 Å². The minimum absolute atomic E-state index is 0.162. The summed E-state index contributed by atoms with van der Waals surface area (Å²) >= 11 is 0. The van der Waals surface area contributed by atoms with Crippen LogP contribution in [0.15, 0.2) is 83.8 Å². The second-order valence-corrected chi connectivity index (χ2v) is 9.11. The van der Waals surface area contributed by atoms with E-state index in [9.17, 15) is 13.2 Å². The number of anilines is 1. The van der Waals surface area contributed by atoms with Crippen LogP contribution in [-0.2, 0) is 10.0 Å². The Balaban J connectivity index is 1.73. The predicted octanol–water partition coefficient (Wildman–Crippen LogP) is 5.15. The first-order chi connectivity index (χ1) is 14.9. The van der Waals surface area contributed by atoms with E-state index in [0.717, 1.165) is 12.8 Å². The summed E-state index contributed by atoms with van der Waals surface area (Å²) in [5, 5.41) is 2.83. The first-order valence-corrected chi connectivity index (χ1v) is 11.6. The number of nitrogens with zero attached hydrogens (tertiary/aromatic N) is 1. The number of hydrogen-bond acceptors (Lipinski definition) is 4. The third kappa shape index (κ3) is 5.71. The Morgan fingerprint density at radius 2 is 1.58 bits per heavy atom. The molecule has 6 nitrogen and oxygen atoms in total. The molecule has 0 atom stereocenters. The fourth-order valence-corrected chi connectivity index (χ4v) is 4.14. The first-order valence-electron chi connectivity index (χ1n) is 10.1. The van der Waals surface area contributed by atoms with Crippen molar-refractivity contribution in [2.24, 2.45) is 0 Å². The molecule has 0 saturated heterocycles.